The lowest BCUT2D eigenvalue weighted by Crippen LogP contribution is -2.46. The van der Waals surface area contributed by atoms with Crippen LogP contribution >= 0.6 is 15.9 Å². The molecule has 2 aromatic carbocycles. The molecule has 2 amide bonds. The zero-order valence-corrected chi connectivity index (χ0v) is 18.2. The molecule has 0 bridgehead atoms. The van der Waals surface area contributed by atoms with Gasteiger partial charge in [0.2, 0.25) is 5.91 Å². The first-order chi connectivity index (χ1) is 13.9. The molecular formula is C22H23BrN2O4. The lowest BCUT2D eigenvalue weighted by atomic mass is 9.91. The van der Waals surface area contributed by atoms with Gasteiger partial charge in [-0.15, -0.1) is 0 Å². The Balaban J connectivity index is 1.62. The van der Waals surface area contributed by atoms with Gasteiger partial charge in [-0.2, -0.15) is 0 Å². The minimum atomic E-state index is -0.456. The standard InChI is InChI=1S/C22H23BrN2O4/c1-13-17-11-20(29-3)19(28-2)10-14(17)8-9-24(13)18-12-21(26)25(22(18)27)16-6-4-15(23)5-7-16/h4-7,10-11,13,18H,8-9,12H2,1-3H3/t13-,18-/m0/s1. The van der Waals surface area contributed by atoms with Crippen molar-refractivity contribution in [2.24, 2.45) is 0 Å². The van der Waals surface area contributed by atoms with E-state index < -0.39 is 6.04 Å². The van der Waals surface area contributed by atoms with Crippen LogP contribution in [0.4, 0.5) is 5.69 Å². The second kappa shape index (κ2) is 7.80. The van der Waals surface area contributed by atoms with E-state index in [0.29, 0.717) is 23.7 Å². The van der Waals surface area contributed by atoms with Crippen molar-refractivity contribution < 1.29 is 19.1 Å². The highest BCUT2D eigenvalue weighted by Crippen LogP contribution is 2.40. The number of rotatable bonds is 4. The van der Waals surface area contributed by atoms with Crippen molar-refractivity contribution in [2.45, 2.75) is 31.8 Å². The Labute approximate surface area is 178 Å². The Bertz CT molecular complexity index is 960. The Morgan fingerprint density at radius 1 is 1.03 bits per heavy atom. The van der Waals surface area contributed by atoms with Gasteiger partial charge in [-0.05, 0) is 60.9 Å². The maximum atomic E-state index is 13.2. The molecule has 2 heterocycles. The average molecular weight is 459 g/mol. The zero-order chi connectivity index (χ0) is 20.7. The van der Waals surface area contributed by atoms with Crippen molar-refractivity contribution in [1.82, 2.24) is 4.90 Å². The Morgan fingerprint density at radius 2 is 1.69 bits per heavy atom. The third-order valence-electron chi connectivity index (χ3n) is 5.84. The van der Waals surface area contributed by atoms with Crippen molar-refractivity contribution in [3.8, 4) is 11.5 Å². The molecular weight excluding hydrogens is 436 g/mol. The summed E-state index contributed by atoms with van der Waals surface area (Å²) in [4.78, 5) is 29.3. The third-order valence-corrected chi connectivity index (χ3v) is 6.37. The summed E-state index contributed by atoms with van der Waals surface area (Å²) >= 11 is 3.39. The van der Waals surface area contributed by atoms with Crippen LogP contribution in [0, 0.1) is 0 Å². The molecule has 0 unspecified atom stereocenters. The number of hydrogen-bond acceptors (Lipinski definition) is 5. The molecule has 2 aromatic rings. The van der Waals surface area contributed by atoms with E-state index in [9.17, 15) is 9.59 Å². The van der Waals surface area contributed by atoms with Gasteiger partial charge in [-0.25, -0.2) is 4.90 Å². The van der Waals surface area contributed by atoms with Crippen LogP contribution in [0.15, 0.2) is 40.9 Å². The lowest BCUT2D eigenvalue weighted by Gasteiger charge is -2.38. The molecule has 0 spiro atoms. The summed E-state index contributed by atoms with van der Waals surface area (Å²) in [6, 6.07) is 10.8. The number of carbonyl (C=O) groups excluding carboxylic acids is 2. The highest BCUT2D eigenvalue weighted by molar-refractivity contribution is 9.10. The van der Waals surface area contributed by atoms with Gasteiger partial charge < -0.3 is 9.47 Å². The van der Waals surface area contributed by atoms with Crippen molar-refractivity contribution in [1.29, 1.82) is 0 Å². The summed E-state index contributed by atoms with van der Waals surface area (Å²) in [5, 5.41) is 0. The minimum Gasteiger partial charge on any atom is -0.493 e. The fraction of sp³-hybridized carbons (Fsp3) is 0.364. The summed E-state index contributed by atoms with van der Waals surface area (Å²) in [6.07, 6.45) is 0.984. The van der Waals surface area contributed by atoms with Crippen LogP contribution in [0.3, 0.4) is 0 Å². The summed E-state index contributed by atoms with van der Waals surface area (Å²) in [7, 11) is 3.24. The molecule has 1 saturated heterocycles. The molecule has 2 aliphatic rings. The van der Waals surface area contributed by atoms with Crippen LogP contribution in [-0.4, -0.2) is 43.5 Å². The average Bonchev–Trinajstić information content (AvgIpc) is 3.02. The predicted molar refractivity (Wildman–Crippen MR) is 113 cm³/mol. The SMILES string of the molecule is COc1cc2c(cc1OC)[C@H](C)N([C@H]1CC(=O)N(c3ccc(Br)cc3)C1=O)CC2. The number of halogens is 1. The second-order valence-corrected chi connectivity index (χ2v) is 8.25. The Morgan fingerprint density at radius 3 is 2.34 bits per heavy atom. The number of anilines is 1. The number of amides is 2. The van der Waals surface area contributed by atoms with Crippen molar-refractivity contribution in [3.05, 3.63) is 52.0 Å². The number of benzene rings is 2. The van der Waals surface area contributed by atoms with Gasteiger partial charge in [-0.1, -0.05) is 15.9 Å². The molecule has 0 aromatic heterocycles. The van der Waals surface area contributed by atoms with E-state index >= 15 is 0 Å². The summed E-state index contributed by atoms with van der Waals surface area (Å²) in [5.41, 5.74) is 2.91. The highest BCUT2D eigenvalue weighted by atomic mass is 79.9. The smallest absolute Gasteiger partial charge is 0.251 e. The summed E-state index contributed by atoms with van der Waals surface area (Å²) in [5.74, 6) is 1.06. The molecule has 1 fully saturated rings. The molecule has 0 N–H and O–H groups in total. The Kier molecular flexibility index (Phi) is 5.36. The van der Waals surface area contributed by atoms with Crippen LogP contribution in [-0.2, 0) is 16.0 Å². The Hall–Kier alpha value is -2.38. The molecule has 4 rings (SSSR count). The van der Waals surface area contributed by atoms with Crippen molar-refractivity contribution in [2.75, 3.05) is 25.7 Å². The molecule has 29 heavy (non-hydrogen) atoms. The predicted octanol–water partition coefficient (Wildman–Crippen LogP) is 3.72. The van der Waals surface area contributed by atoms with E-state index in [0.717, 1.165) is 16.5 Å². The largest absolute Gasteiger partial charge is 0.493 e. The molecule has 6 nitrogen and oxygen atoms in total. The fourth-order valence-corrected chi connectivity index (χ4v) is 4.59. The summed E-state index contributed by atoms with van der Waals surface area (Å²) < 4.78 is 11.8. The van der Waals surface area contributed by atoms with Crippen LogP contribution in [0.2, 0.25) is 0 Å². The topological polar surface area (TPSA) is 59.1 Å². The van der Waals surface area contributed by atoms with Gasteiger partial charge in [0, 0.05) is 17.1 Å². The number of imide groups is 1. The van der Waals surface area contributed by atoms with E-state index in [1.54, 1.807) is 26.4 Å². The molecule has 152 valence electrons. The first-order valence-corrected chi connectivity index (χ1v) is 10.4. The van der Waals surface area contributed by atoms with Gasteiger partial charge in [0.25, 0.3) is 5.91 Å². The lowest BCUT2D eigenvalue weighted by molar-refractivity contribution is -0.123. The molecule has 7 heteroatoms. The van der Waals surface area contributed by atoms with Crippen molar-refractivity contribution >= 4 is 33.4 Å². The zero-order valence-electron chi connectivity index (χ0n) is 16.6. The van der Waals surface area contributed by atoms with Crippen LogP contribution in [0.25, 0.3) is 0 Å². The van der Waals surface area contributed by atoms with E-state index in [4.69, 9.17) is 9.47 Å². The van der Waals surface area contributed by atoms with Crippen LogP contribution in [0.1, 0.15) is 30.5 Å². The highest BCUT2D eigenvalue weighted by Gasteiger charge is 2.45. The van der Waals surface area contributed by atoms with E-state index in [1.807, 2.05) is 24.3 Å². The van der Waals surface area contributed by atoms with Crippen molar-refractivity contribution in [3.63, 3.8) is 0 Å². The van der Waals surface area contributed by atoms with Gasteiger partial charge in [-0.3, -0.25) is 14.5 Å². The molecule has 2 aliphatic heterocycles. The quantitative estimate of drug-likeness (QED) is 0.653. The number of nitrogens with zero attached hydrogens (tertiary/aromatic N) is 2. The van der Waals surface area contributed by atoms with Gasteiger partial charge in [0.05, 0.1) is 32.4 Å². The number of methoxy groups -OCH3 is 2. The number of fused-ring (bicyclic) bond motifs is 1. The maximum Gasteiger partial charge on any atom is 0.251 e. The van der Waals surface area contributed by atoms with Crippen LogP contribution < -0.4 is 14.4 Å². The summed E-state index contributed by atoms with van der Waals surface area (Å²) in [6.45, 7) is 2.78. The molecule has 0 aliphatic carbocycles. The number of carbonyl (C=O) groups is 2. The minimum absolute atomic E-state index is 0.00910. The monoisotopic (exact) mass is 458 g/mol. The first kappa shape index (κ1) is 19.9. The number of hydrogen-bond donors (Lipinski definition) is 0. The third kappa shape index (κ3) is 3.42. The normalized spacial score (nSPS) is 22.0. The van der Waals surface area contributed by atoms with Crippen LogP contribution in [0.5, 0.6) is 11.5 Å². The van der Waals surface area contributed by atoms with Gasteiger partial charge in [0.1, 0.15) is 0 Å². The maximum absolute atomic E-state index is 13.2. The number of ether oxygens (including phenoxy) is 2. The fourth-order valence-electron chi connectivity index (χ4n) is 4.33. The van der Waals surface area contributed by atoms with Gasteiger partial charge >= 0.3 is 0 Å². The molecule has 0 saturated carbocycles. The molecule has 2 atom stereocenters. The van der Waals surface area contributed by atoms with Gasteiger partial charge in [0.15, 0.2) is 11.5 Å². The van der Waals surface area contributed by atoms with E-state index in [2.05, 4.69) is 27.8 Å². The van der Waals surface area contributed by atoms with E-state index in [1.165, 1.54) is 10.5 Å². The molecule has 0 radical (unpaired) electrons. The first-order valence-electron chi connectivity index (χ1n) is 9.57. The van der Waals surface area contributed by atoms with E-state index in [-0.39, 0.29) is 24.3 Å². The second-order valence-electron chi connectivity index (χ2n) is 7.33.